The van der Waals surface area contributed by atoms with Gasteiger partial charge < -0.3 is 9.88 Å². The second-order valence-electron chi connectivity index (χ2n) is 8.25. The van der Waals surface area contributed by atoms with Gasteiger partial charge in [0, 0.05) is 28.9 Å². The van der Waals surface area contributed by atoms with E-state index in [0.717, 1.165) is 27.6 Å². The first-order valence-corrected chi connectivity index (χ1v) is 11.5. The number of nitrogens with one attached hydrogen (secondary N) is 2. The molecule has 8 heteroatoms. The molecule has 5 aromatic rings. The fourth-order valence-corrected chi connectivity index (χ4v) is 4.10. The maximum Gasteiger partial charge on any atom is 0.270 e. The average molecular weight is 484 g/mol. The molecular formula is C27H22ClN5O2. The van der Waals surface area contributed by atoms with Gasteiger partial charge in [0.15, 0.2) is 0 Å². The van der Waals surface area contributed by atoms with Gasteiger partial charge in [-0.15, -0.1) is 0 Å². The van der Waals surface area contributed by atoms with Gasteiger partial charge >= 0.3 is 0 Å². The number of rotatable bonds is 7. The molecule has 7 nitrogen and oxygen atoms in total. The minimum Gasteiger partial charge on any atom is -0.345 e. The lowest BCUT2D eigenvalue weighted by molar-refractivity contribution is 0.0945. The molecule has 0 radical (unpaired) electrons. The van der Waals surface area contributed by atoms with Crippen LogP contribution in [0, 0.1) is 0 Å². The highest BCUT2D eigenvalue weighted by Gasteiger charge is 2.11. The van der Waals surface area contributed by atoms with Crippen molar-refractivity contribution in [1.82, 2.24) is 25.1 Å². The summed E-state index contributed by atoms with van der Waals surface area (Å²) in [4.78, 5) is 28.9. The van der Waals surface area contributed by atoms with E-state index in [-0.39, 0.29) is 18.0 Å². The van der Waals surface area contributed by atoms with E-state index < -0.39 is 0 Å². The number of aromatic nitrogens is 4. The summed E-state index contributed by atoms with van der Waals surface area (Å²) in [5.41, 5.74) is 5.03. The summed E-state index contributed by atoms with van der Waals surface area (Å²) in [7, 11) is 0. The highest BCUT2D eigenvalue weighted by molar-refractivity contribution is 6.31. The zero-order valence-electron chi connectivity index (χ0n) is 18.7. The molecule has 0 aliphatic rings. The molecule has 0 aliphatic carbocycles. The molecule has 174 valence electrons. The van der Waals surface area contributed by atoms with Crippen LogP contribution < -0.4 is 10.9 Å². The van der Waals surface area contributed by atoms with Crippen molar-refractivity contribution in [3.8, 4) is 0 Å². The molecule has 1 amide bonds. The number of carbonyl (C=O) groups is 1. The number of benzene rings is 2. The van der Waals surface area contributed by atoms with Crippen LogP contribution in [0.2, 0.25) is 5.02 Å². The number of nitrogens with zero attached hydrogens (tertiary/aromatic N) is 3. The average Bonchev–Trinajstić information content (AvgIpc) is 3.27. The van der Waals surface area contributed by atoms with Crippen LogP contribution in [-0.2, 0) is 19.5 Å². The van der Waals surface area contributed by atoms with E-state index in [1.54, 1.807) is 41.2 Å². The number of aromatic amines is 1. The molecule has 5 rings (SSSR count). The largest absolute Gasteiger partial charge is 0.345 e. The molecule has 0 saturated heterocycles. The fourth-order valence-electron chi connectivity index (χ4n) is 3.92. The Kier molecular flexibility index (Phi) is 6.41. The summed E-state index contributed by atoms with van der Waals surface area (Å²) in [6.07, 6.45) is 4.09. The van der Waals surface area contributed by atoms with Crippen molar-refractivity contribution in [2.45, 2.75) is 19.5 Å². The van der Waals surface area contributed by atoms with Gasteiger partial charge in [-0.1, -0.05) is 41.9 Å². The highest BCUT2D eigenvalue weighted by atomic mass is 35.5. The third-order valence-corrected chi connectivity index (χ3v) is 6.00. The molecule has 3 heterocycles. The molecule has 0 spiro atoms. The predicted octanol–water partition coefficient (Wildman–Crippen LogP) is 4.34. The van der Waals surface area contributed by atoms with Gasteiger partial charge in [0.2, 0.25) is 0 Å². The lowest BCUT2D eigenvalue weighted by atomic mass is 10.0. The normalized spacial score (nSPS) is 11.0. The zero-order valence-corrected chi connectivity index (χ0v) is 19.5. The maximum absolute atomic E-state index is 12.7. The van der Waals surface area contributed by atoms with Crippen LogP contribution in [-0.4, -0.2) is 25.7 Å². The van der Waals surface area contributed by atoms with Gasteiger partial charge in [0.1, 0.15) is 5.69 Å². The molecule has 35 heavy (non-hydrogen) atoms. The fraction of sp³-hybridized carbons (Fsp3) is 0.111. The van der Waals surface area contributed by atoms with E-state index >= 15 is 0 Å². The van der Waals surface area contributed by atoms with Crippen molar-refractivity contribution in [2.75, 3.05) is 0 Å². The number of hydrogen-bond acceptors (Lipinski definition) is 4. The van der Waals surface area contributed by atoms with Gasteiger partial charge in [-0.2, -0.15) is 5.10 Å². The minimum absolute atomic E-state index is 0.0246. The number of H-pyrrole nitrogens is 1. The Balaban J connectivity index is 1.23. The Labute approximate surface area is 206 Å². The Morgan fingerprint density at radius 1 is 0.971 bits per heavy atom. The van der Waals surface area contributed by atoms with Crippen molar-refractivity contribution in [3.05, 3.63) is 129 Å². The molecule has 0 aliphatic heterocycles. The van der Waals surface area contributed by atoms with E-state index in [1.807, 2.05) is 48.5 Å². The monoisotopic (exact) mass is 483 g/mol. The van der Waals surface area contributed by atoms with E-state index in [2.05, 4.69) is 20.5 Å². The van der Waals surface area contributed by atoms with Crippen molar-refractivity contribution in [1.29, 1.82) is 0 Å². The number of fused-ring (bicyclic) bond motifs is 1. The smallest absolute Gasteiger partial charge is 0.270 e. The second-order valence-corrected chi connectivity index (χ2v) is 8.69. The van der Waals surface area contributed by atoms with E-state index in [4.69, 9.17) is 11.6 Å². The van der Waals surface area contributed by atoms with Crippen LogP contribution in [0.3, 0.4) is 0 Å². The first kappa shape index (κ1) is 22.6. The summed E-state index contributed by atoms with van der Waals surface area (Å²) in [5.74, 6) is -0.270. The van der Waals surface area contributed by atoms with Crippen molar-refractivity contribution >= 4 is 28.4 Å². The van der Waals surface area contributed by atoms with Crippen LogP contribution in [0.25, 0.3) is 10.9 Å². The molecule has 2 aromatic carbocycles. The first-order chi connectivity index (χ1) is 17.0. The molecule has 2 N–H and O–H groups in total. The summed E-state index contributed by atoms with van der Waals surface area (Å²) >= 11 is 6.09. The van der Waals surface area contributed by atoms with Gasteiger partial charge in [-0.3, -0.25) is 19.7 Å². The van der Waals surface area contributed by atoms with Crippen LogP contribution in [0.15, 0.2) is 90.0 Å². The van der Waals surface area contributed by atoms with Gasteiger partial charge in [0.25, 0.3) is 11.5 Å². The first-order valence-electron chi connectivity index (χ1n) is 11.1. The van der Waals surface area contributed by atoms with Crippen LogP contribution >= 0.6 is 11.6 Å². The molecule has 0 bridgehead atoms. The second kappa shape index (κ2) is 9.95. The third-order valence-electron chi connectivity index (χ3n) is 5.76. The maximum atomic E-state index is 12.7. The van der Waals surface area contributed by atoms with E-state index in [1.165, 1.54) is 0 Å². The van der Waals surface area contributed by atoms with Gasteiger partial charge in [-0.25, -0.2) is 0 Å². The number of carbonyl (C=O) groups excluding carboxylic acids is 1. The third kappa shape index (κ3) is 5.31. The highest BCUT2D eigenvalue weighted by Crippen LogP contribution is 2.20. The Hall–Kier alpha value is -4.23. The molecule has 0 unspecified atom stereocenters. The predicted molar refractivity (Wildman–Crippen MR) is 136 cm³/mol. The number of hydrogen-bond donors (Lipinski definition) is 2. The number of pyridine rings is 2. The van der Waals surface area contributed by atoms with Gasteiger partial charge in [-0.05, 0) is 59.5 Å². The molecule has 3 aromatic heterocycles. The van der Waals surface area contributed by atoms with Crippen LogP contribution in [0.5, 0.6) is 0 Å². The van der Waals surface area contributed by atoms with E-state index in [0.29, 0.717) is 29.4 Å². The quantitative estimate of drug-likeness (QED) is 0.360. The topological polar surface area (TPSA) is 92.7 Å². The number of halogens is 1. The Bertz CT molecular complexity index is 1560. The van der Waals surface area contributed by atoms with Crippen molar-refractivity contribution in [2.24, 2.45) is 0 Å². The minimum atomic E-state index is -0.270. The molecule has 0 atom stereocenters. The Morgan fingerprint density at radius 3 is 2.63 bits per heavy atom. The SMILES string of the molecule is O=C(NCc1n[nH]c2ccc(Cl)cc12)c1cc(Cc2ccc(Cn3ccccc3=O)cc2)ccn1. The zero-order chi connectivity index (χ0) is 24.2. The lowest BCUT2D eigenvalue weighted by Gasteiger charge is -2.08. The van der Waals surface area contributed by atoms with Crippen molar-refractivity contribution in [3.63, 3.8) is 0 Å². The van der Waals surface area contributed by atoms with Crippen LogP contribution in [0.1, 0.15) is 32.9 Å². The Morgan fingerprint density at radius 2 is 1.80 bits per heavy atom. The molecule has 0 saturated carbocycles. The summed E-state index contributed by atoms with van der Waals surface area (Å²) in [6, 6.07) is 22.4. The van der Waals surface area contributed by atoms with Gasteiger partial charge in [0.05, 0.1) is 24.3 Å². The summed E-state index contributed by atoms with van der Waals surface area (Å²) < 4.78 is 1.67. The van der Waals surface area contributed by atoms with Crippen molar-refractivity contribution < 1.29 is 4.79 Å². The van der Waals surface area contributed by atoms with E-state index in [9.17, 15) is 9.59 Å². The molecule has 0 fully saturated rings. The summed E-state index contributed by atoms with van der Waals surface area (Å²) in [5, 5.41) is 11.6. The van der Waals surface area contributed by atoms with Crippen LogP contribution in [0.4, 0.5) is 0 Å². The lowest BCUT2D eigenvalue weighted by Crippen LogP contribution is -2.24. The molecular weight excluding hydrogens is 462 g/mol. The standard InChI is InChI=1S/C27H22ClN5O2/c28-21-8-9-23-22(15-21)25(32-31-23)16-30-27(35)24-14-20(10-11-29-24)13-18-4-6-19(7-5-18)17-33-12-2-1-3-26(33)34/h1-12,14-15H,13,16-17H2,(H,30,35)(H,31,32). The number of amides is 1. The summed E-state index contributed by atoms with van der Waals surface area (Å²) in [6.45, 7) is 0.786.